The standard InChI is InChI=1S/C16H18N4O4S/c17-13(21)10-3-5-19(6-4-10)14(22)12-8-18-16(24)20(15(12)23)9-11-2-1-7-25-11/h1-2,7-8,10H,3-6,9H2,(H2,17,21)(H,18,24). The zero-order valence-electron chi connectivity index (χ0n) is 13.4. The summed E-state index contributed by atoms with van der Waals surface area (Å²) in [5, 5.41) is 1.85. The number of thiophene rings is 1. The van der Waals surface area contributed by atoms with Gasteiger partial charge in [-0.25, -0.2) is 4.79 Å². The monoisotopic (exact) mass is 362 g/mol. The third kappa shape index (κ3) is 3.55. The van der Waals surface area contributed by atoms with E-state index in [1.165, 1.54) is 16.2 Å². The number of hydrogen-bond acceptors (Lipinski definition) is 5. The highest BCUT2D eigenvalue weighted by Gasteiger charge is 2.28. The summed E-state index contributed by atoms with van der Waals surface area (Å²) < 4.78 is 1.02. The maximum atomic E-state index is 12.6. The van der Waals surface area contributed by atoms with Crippen LogP contribution in [-0.4, -0.2) is 39.4 Å². The lowest BCUT2D eigenvalue weighted by Crippen LogP contribution is -2.45. The van der Waals surface area contributed by atoms with Gasteiger partial charge in [0.05, 0.1) is 6.54 Å². The number of likely N-dealkylation sites (tertiary alicyclic amines) is 1. The highest BCUT2D eigenvalue weighted by Crippen LogP contribution is 2.17. The van der Waals surface area contributed by atoms with Gasteiger partial charge in [0.2, 0.25) is 5.91 Å². The number of nitrogens with zero attached hydrogens (tertiary/aromatic N) is 2. The molecule has 2 aromatic heterocycles. The van der Waals surface area contributed by atoms with Crippen LogP contribution in [0.15, 0.2) is 33.3 Å². The zero-order valence-corrected chi connectivity index (χ0v) is 14.3. The molecule has 0 aromatic carbocycles. The predicted octanol–water partition coefficient (Wildman–Crippen LogP) is -0.0161. The molecular formula is C16H18N4O4S. The summed E-state index contributed by atoms with van der Waals surface area (Å²) in [6.07, 6.45) is 2.12. The SMILES string of the molecule is NC(=O)C1CCN(C(=O)c2c[nH]c(=O)n(Cc3cccs3)c2=O)CC1. The van der Waals surface area contributed by atoms with Crippen LogP contribution in [0.3, 0.4) is 0 Å². The van der Waals surface area contributed by atoms with Gasteiger partial charge in [0.25, 0.3) is 11.5 Å². The van der Waals surface area contributed by atoms with Crippen LogP contribution in [0.2, 0.25) is 0 Å². The van der Waals surface area contributed by atoms with Crippen molar-refractivity contribution < 1.29 is 9.59 Å². The van der Waals surface area contributed by atoms with Gasteiger partial charge in [-0.15, -0.1) is 11.3 Å². The molecule has 8 nitrogen and oxygen atoms in total. The minimum atomic E-state index is -0.612. The lowest BCUT2D eigenvalue weighted by Gasteiger charge is -2.30. The Kier molecular flexibility index (Phi) is 4.84. The topological polar surface area (TPSA) is 118 Å². The number of carbonyl (C=O) groups excluding carboxylic acids is 2. The Morgan fingerprint density at radius 3 is 2.60 bits per heavy atom. The van der Waals surface area contributed by atoms with Crippen LogP contribution in [0.25, 0.3) is 0 Å². The Labute approximate surface area is 146 Å². The Bertz CT molecular complexity index is 892. The summed E-state index contributed by atoms with van der Waals surface area (Å²) in [6.45, 7) is 0.836. The lowest BCUT2D eigenvalue weighted by atomic mass is 9.96. The fraction of sp³-hybridized carbons (Fsp3) is 0.375. The molecule has 0 spiro atoms. The van der Waals surface area contributed by atoms with E-state index in [0.717, 1.165) is 15.6 Å². The van der Waals surface area contributed by atoms with Crippen molar-refractivity contribution in [3.05, 3.63) is 55.0 Å². The minimum Gasteiger partial charge on any atom is -0.369 e. The average Bonchev–Trinajstić information content (AvgIpc) is 3.11. The number of carbonyl (C=O) groups is 2. The van der Waals surface area contributed by atoms with E-state index in [4.69, 9.17) is 5.73 Å². The summed E-state index contributed by atoms with van der Waals surface area (Å²) in [5.41, 5.74) is 4.05. The molecule has 2 amide bonds. The third-order valence-corrected chi connectivity index (χ3v) is 5.23. The quantitative estimate of drug-likeness (QED) is 0.795. The first kappa shape index (κ1) is 17.2. The van der Waals surface area contributed by atoms with Gasteiger partial charge in [-0.1, -0.05) is 6.07 Å². The van der Waals surface area contributed by atoms with Crippen molar-refractivity contribution in [2.24, 2.45) is 11.7 Å². The first-order chi connectivity index (χ1) is 12.0. The molecule has 0 bridgehead atoms. The van der Waals surface area contributed by atoms with Crippen molar-refractivity contribution in [1.29, 1.82) is 0 Å². The number of H-pyrrole nitrogens is 1. The minimum absolute atomic E-state index is 0.0753. The van der Waals surface area contributed by atoms with Gasteiger partial charge >= 0.3 is 5.69 Å². The smallest absolute Gasteiger partial charge is 0.328 e. The number of aromatic nitrogens is 2. The largest absolute Gasteiger partial charge is 0.369 e. The van der Waals surface area contributed by atoms with Gasteiger partial charge in [-0.3, -0.25) is 19.0 Å². The lowest BCUT2D eigenvalue weighted by molar-refractivity contribution is -0.123. The Balaban J connectivity index is 1.83. The van der Waals surface area contributed by atoms with Gasteiger partial charge in [0, 0.05) is 30.1 Å². The Morgan fingerprint density at radius 2 is 2.00 bits per heavy atom. The van der Waals surface area contributed by atoms with Gasteiger partial charge in [-0.05, 0) is 24.3 Å². The number of piperidine rings is 1. The van der Waals surface area contributed by atoms with Crippen LogP contribution in [0, 0.1) is 5.92 Å². The fourth-order valence-corrected chi connectivity index (χ4v) is 3.60. The molecular weight excluding hydrogens is 344 g/mol. The average molecular weight is 362 g/mol. The van der Waals surface area contributed by atoms with Crippen LogP contribution < -0.4 is 17.0 Å². The van der Waals surface area contributed by atoms with Crippen LogP contribution >= 0.6 is 11.3 Å². The summed E-state index contributed by atoms with van der Waals surface area (Å²) >= 11 is 1.43. The van der Waals surface area contributed by atoms with E-state index in [1.54, 1.807) is 0 Å². The molecule has 1 aliphatic rings. The van der Waals surface area contributed by atoms with Crippen LogP contribution in [0.4, 0.5) is 0 Å². The second kappa shape index (κ2) is 7.06. The highest BCUT2D eigenvalue weighted by atomic mass is 32.1. The van der Waals surface area contributed by atoms with E-state index < -0.39 is 17.2 Å². The number of rotatable bonds is 4. The molecule has 0 saturated carbocycles. The van der Waals surface area contributed by atoms with Crippen molar-refractivity contribution >= 4 is 23.2 Å². The molecule has 9 heteroatoms. The first-order valence-electron chi connectivity index (χ1n) is 7.91. The Hall–Kier alpha value is -2.68. The maximum absolute atomic E-state index is 12.6. The molecule has 0 radical (unpaired) electrons. The summed E-state index contributed by atoms with van der Waals surface area (Å²) in [5.74, 6) is -1.05. The second-order valence-electron chi connectivity index (χ2n) is 5.95. The molecule has 2 aromatic rings. The molecule has 3 rings (SSSR count). The summed E-state index contributed by atoms with van der Waals surface area (Å²) in [4.78, 5) is 53.2. The Morgan fingerprint density at radius 1 is 1.28 bits per heavy atom. The molecule has 1 aliphatic heterocycles. The van der Waals surface area contributed by atoms with Gasteiger partial charge in [0.15, 0.2) is 0 Å². The van der Waals surface area contributed by atoms with Gasteiger partial charge in [0.1, 0.15) is 5.56 Å². The number of nitrogens with one attached hydrogen (secondary N) is 1. The highest BCUT2D eigenvalue weighted by molar-refractivity contribution is 7.09. The number of hydrogen-bond donors (Lipinski definition) is 2. The number of aromatic amines is 1. The second-order valence-corrected chi connectivity index (χ2v) is 6.98. The van der Waals surface area contributed by atoms with Crippen molar-refractivity contribution in [3.8, 4) is 0 Å². The molecule has 1 saturated heterocycles. The first-order valence-corrected chi connectivity index (χ1v) is 8.79. The van der Waals surface area contributed by atoms with E-state index in [1.807, 2.05) is 17.5 Å². The van der Waals surface area contributed by atoms with Crippen LogP contribution in [0.1, 0.15) is 28.1 Å². The zero-order chi connectivity index (χ0) is 18.0. The van der Waals surface area contributed by atoms with Crippen molar-refractivity contribution in [3.63, 3.8) is 0 Å². The number of primary amides is 1. The molecule has 1 fully saturated rings. The predicted molar refractivity (Wildman–Crippen MR) is 92.6 cm³/mol. The number of amides is 2. The van der Waals surface area contributed by atoms with E-state index in [9.17, 15) is 19.2 Å². The van der Waals surface area contributed by atoms with E-state index in [-0.39, 0.29) is 23.9 Å². The van der Waals surface area contributed by atoms with E-state index in [2.05, 4.69) is 4.98 Å². The van der Waals surface area contributed by atoms with Crippen molar-refractivity contribution in [1.82, 2.24) is 14.5 Å². The van der Waals surface area contributed by atoms with Crippen LogP contribution in [-0.2, 0) is 11.3 Å². The van der Waals surface area contributed by atoms with E-state index in [0.29, 0.717) is 25.9 Å². The van der Waals surface area contributed by atoms with Crippen LogP contribution in [0.5, 0.6) is 0 Å². The van der Waals surface area contributed by atoms with Crippen molar-refractivity contribution in [2.45, 2.75) is 19.4 Å². The third-order valence-electron chi connectivity index (χ3n) is 4.37. The fourth-order valence-electron chi connectivity index (χ4n) is 2.90. The molecule has 132 valence electrons. The summed E-state index contributed by atoms with van der Waals surface area (Å²) in [6, 6.07) is 3.65. The normalized spacial score (nSPS) is 15.3. The van der Waals surface area contributed by atoms with E-state index >= 15 is 0 Å². The molecule has 0 unspecified atom stereocenters. The molecule has 0 atom stereocenters. The van der Waals surface area contributed by atoms with Crippen molar-refractivity contribution in [2.75, 3.05) is 13.1 Å². The summed E-state index contributed by atoms with van der Waals surface area (Å²) in [7, 11) is 0. The molecule has 3 N–H and O–H groups in total. The molecule has 3 heterocycles. The van der Waals surface area contributed by atoms with Gasteiger partial charge < -0.3 is 15.6 Å². The number of nitrogens with two attached hydrogens (primary N) is 1. The van der Waals surface area contributed by atoms with Gasteiger partial charge in [-0.2, -0.15) is 0 Å². The maximum Gasteiger partial charge on any atom is 0.328 e. The molecule has 0 aliphatic carbocycles. The molecule has 25 heavy (non-hydrogen) atoms.